The lowest BCUT2D eigenvalue weighted by Crippen LogP contribution is -2.54. The second-order valence-corrected chi connectivity index (χ2v) is 5.55. The van der Waals surface area contributed by atoms with Crippen molar-refractivity contribution in [2.45, 2.75) is 39.3 Å². The van der Waals surface area contributed by atoms with Gasteiger partial charge in [-0.3, -0.25) is 14.6 Å². The van der Waals surface area contributed by atoms with Crippen LogP contribution in [0.1, 0.15) is 27.2 Å². The second-order valence-electron chi connectivity index (χ2n) is 5.55. The molecule has 1 aliphatic rings. The zero-order valence-electron chi connectivity index (χ0n) is 12.7. The molecule has 0 radical (unpaired) electrons. The van der Waals surface area contributed by atoms with E-state index < -0.39 is 0 Å². The third-order valence-corrected chi connectivity index (χ3v) is 4.01. The van der Waals surface area contributed by atoms with Gasteiger partial charge in [0.15, 0.2) is 0 Å². The molecule has 19 heavy (non-hydrogen) atoms. The van der Waals surface area contributed by atoms with E-state index in [0.717, 1.165) is 39.1 Å². The van der Waals surface area contributed by atoms with Crippen LogP contribution >= 0.6 is 0 Å². The Morgan fingerprint density at radius 3 is 2.32 bits per heavy atom. The number of hydrogen-bond acceptors (Lipinski definition) is 3. The molecule has 0 saturated carbocycles. The number of likely N-dealkylation sites (N-methyl/N-ethyl adjacent to an activating group) is 1. The van der Waals surface area contributed by atoms with Crippen LogP contribution in [0.5, 0.6) is 0 Å². The number of piperazine rings is 1. The molecule has 108 valence electrons. The maximum atomic E-state index is 12.3. The van der Waals surface area contributed by atoms with Crippen molar-refractivity contribution < 1.29 is 4.79 Å². The van der Waals surface area contributed by atoms with Gasteiger partial charge < -0.3 is 4.90 Å². The molecule has 1 rings (SSSR count). The molecule has 1 amide bonds. The molecule has 1 heterocycles. The lowest BCUT2D eigenvalue weighted by atomic mass is 10.2. The molecule has 1 unspecified atom stereocenters. The topological polar surface area (TPSA) is 26.8 Å². The maximum absolute atomic E-state index is 12.3. The molecular formula is C15H27N3O. The van der Waals surface area contributed by atoms with E-state index in [4.69, 9.17) is 6.42 Å². The molecule has 0 aromatic heterocycles. The Kier molecular flexibility index (Phi) is 6.33. The van der Waals surface area contributed by atoms with Crippen LogP contribution in [0.15, 0.2) is 0 Å². The van der Waals surface area contributed by atoms with Crippen molar-refractivity contribution in [3.05, 3.63) is 0 Å². The van der Waals surface area contributed by atoms with Crippen molar-refractivity contribution in [1.29, 1.82) is 0 Å². The summed E-state index contributed by atoms with van der Waals surface area (Å²) >= 11 is 0. The van der Waals surface area contributed by atoms with Gasteiger partial charge in [0.2, 0.25) is 5.91 Å². The van der Waals surface area contributed by atoms with Crippen LogP contribution in [0.25, 0.3) is 0 Å². The van der Waals surface area contributed by atoms with Gasteiger partial charge in [0.05, 0.1) is 6.04 Å². The molecule has 4 nitrogen and oxygen atoms in total. The fraction of sp³-hybridized carbons (Fsp3) is 0.800. The highest BCUT2D eigenvalue weighted by atomic mass is 16.2. The predicted molar refractivity (Wildman–Crippen MR) is 78.8 cm³/mol. The monoisotopic (exact) mass is 265 g/mol. The molecule has 1 atom stereocenters. The fourth-order valence-electron chi connectivity index (χ4n) is 2.30. The molecule has 0 N–H and O–H groups in total. The van der Waals surface area contributed by atoms with Gasteiger partial charge in [0.1, 0.15) is 0 Å². The molecule has 1 fully saturated rings. The highest BCUT2D eigenvalue weighted by Crippen LogP contribution is 2.10. The average molecular weight is 265 g/mol. The summed E-state index contributed by atoms with van der Waals surface area (Å²) < 4.78 is 0. The van der Waals surface area contributed by atoms with Crippen LogP contribution in [0.3, 0.4) is 0 Å². The molecule has 0 aromatic rings. The van der Waals surface area contributed by atoms with Gasteiger partial charge in [-0.2, -0.15) is 0 Å². The largest absolute Gasteiger partial charge is 0.342 e. The van der Waals surface area contributed by atoms with Gasteiger partial charge in [-0.25, -0.2) is 0 Å². The summed E-state index contributed by atoms with van der Waals surface area (Å²) in [5.74, 6) is 2.89. The number of carbonyl (C=O) groups is 1. The van der Waals surface area contributed by atoms with Gasteiger partial charge in [0, 0.05) is 52.2 Å². The van der Waals surface area contributed by atoms with Crippen LogP contribution in [0, 0.1) is 12.3 Å². The molecule has 1 saturated heterocycles. The normalized spacial score (nSPS) is 19.2. The van der Waals surface area contributed by atoms with Crippen LogP contribution in [0.4, 0.5) is 0 Å². The molecule has 4 heteroatoms. The van der Waals surface area contributed by atoms with Crippen molar-refractivity contribution in [3.63, 3.8) is 0 Å². The maximum Gasteiger partial charge on any atom is 0.239 e. The van der Waals surface area contributed by atoms with Crippen LogP contribution in [-0.2, 0) is 4.79 Å². The molecular weight excluding hydrogens is 238 g/mol. The van der Waals surface area contributed by atoms with E-state index >= 15 is 0 Å². The Bertz CT molecular complexity index is 327. The van der Waals surface area contributed by atoms with Gasteiger partial charge in [-0.05, 0) is 20.8 Å². The summed E-state index contributed by atoms with van der Waals surface area (Å²) in [5, 5.41) is 0. The van der Waals surface area contributed by atoms with E-state index in [-0.39, 0.29) is 18.0 Å². The minimum atomic E-state index is -0.0258. The van der Waals surface area contributed by atoms with Crippen molar-refractivity contribution in [2.24, 2.45) is 0 Å². The molecule has 0 bridgehead atoms. The molecule has 1 aliphatic heterocycles. The van der Waals surface area contributed by atoms with Crippen molar-refractivity contribution in [3.8, 4) is 12.3 Å². The summed E-state index contributed by atoms with van der Waals surface area (Å²) in [7, 11) is 1.88. The number of amides is 1. The Labute approximate surface area is 117 Å². The Balaban J connectivity index is 2.42. The highest BCUT2D eigenvalue weighted by Gasteiger charge is 2.27. The minimum Gasteiger partial charge on any atom is -0.342 e. The van der Waals surface area contributed by atoms with E-state index in [2.05, 4.69) is 15.7 Å². The summed E-state index contributed by atoms with van der Waals surface area (Å²) in [6.07, 6.45) is 6.10. The Morgan fingerprint density at radius 2 is 1.84 bits per heavy atom. The van der Waals surface area contributed by atoms with Crippen molar-refractivity contribution in [1.82, 2.24) is 14.7 Å². The van der Waals surface area contributed by atoms with Gasteiger partial charge in [-0.15, -0.1) is 12.3 Å². The SMILES string of the molecule is C#CCCN1CCN(C(C)C(=O)N(C)C(C)C)CC1. The van der Waals surface area contributed by atoms with E-state index in [1.54, 1.807) is 0 Å². The summed E-state index contributed by atoms with van der Waals surface area (Å²) in [4.78, 5) is 18.8. The summed E-state index contributed by atoms with van der Waals surface area (Å²) in [6, 6.07) is 0.231. The van der Waals surface area contributed by atoms with E-state index in [0.29, 0.717) is 0 Å². The summed E-state index contributed by atoms with van der Waals surface area (Å²) in [5.41, 5.74) is 0. The Morgan fingerprint density at radius 1 is 1.26 bits per heavy atom. The molecule has 0 aromatic carbocycles. The van der Waals surface area contributed by atoms with E-state index in [1.807, 2.05) is 32.7 Å². The number of nitrogens with zero attached hydrogens (tertiary/aromatic N) is 3. The highest BCUT2D eigenvalue weighted by molar-refractivity contribution is 5.81. The average Bonchev–Trinajstić information content (AvgIpc) is 2.43. The van der Waals surface area contributed by atoms with Gasteiger partial charge >= 0.3 is 0 Å². The number of terminal acetylenes is 1. The smallest absolute Gasteiger partial charge is 0.239 e. The lowest BCUT2D eigenvalue weighted by Gasteiger charge is -2.38. The second kappa shape index (κ2) is 7.52. The zero-order chi connectivity index (χ0) is 14.4. The first-order valence-electron chi connectivity index (χ1n) is 7.14. The van der Waals surface area contributed by atoms with Crippen molar-refractivity contribution in [2.75, 3.05) is 39.8 Å². The van der Waals surface area contributed by atoms with Gasteiger partial charge in [0.25, 0.3) is 0 Å². The standard InChI is InChI=1S/C15H27N3O/c1-6-7-8-17-9-11-18(12-10-17)14(4)15(19)16(5)13(2)3/h1,13-14H,7-12H2,2-5H3. The van der Waals surface area contributed by atoms with Crippen LogP contribution in [0.2, 0.25) is 0 Å². The number of carbonyl (C=O) groups excluding carboxylic acids is 1. The van der Waals surface area contributed by atoms with E-state index in [1.165, 1.54) is 0 Å². The zero-order valence-corrected chi connectivity index (χ0v) is 12.7. The predicted octanol–water partition coefficient (Wildman–Crippen LogP) is 0.883. The first-order chi connectivity index (χ1) is 8.97. The lowest BCUT2D eigenvalue weighted by molar-refractivity contribution is -0.137. The third-order valence-electron chi connectivity index (χ3n) is 4.01. The van der Waals surface area contributed by atoms with Crippen LogP contribution in [-0.4, -0.2) is 72.5 Å². The first kappa shape index (κ1) is 16.0. The number of rotatable bonds is 5. The van der Waals surface area contributed by atoms with E-state index in [9.17, 15) is 4.79 Å². The molecule has 0 aliphatic carbocycles. The molecule has 0 spiro atoms. The Hall–Kier alpha value is -1.05. The number of hydrogen-bond donors (Lipinski definition) is 0. The first-order valence-corrected chi connectivity index (χ1v) is 7.14. The fourth-order valence-corrected chi connectivity index (χ4v) is 2.30. The van der Waals surface area contributed by atoms with Crippen LogP contribution < -0.4 is 0 Å². The quantitative estimate of drug-likeness (QED) is 0.691. The summed E-state index contributed by atoms with van der Waals surface area (Å²) in [6.45, 7) is 11.0. The van der Waals surface area contributed by atoms with Gasteiger partial charge in [-0.1, -0.05) is 0 Å². The third kappa shape index (κ3) is 4.52. The van der Waals surface area contributed by atoms with Crippen molar-refractivity contribution >= 4 is 5.91 Å². The minimum absolute atomic E-state index is 0.0258.